The molecule has 3 nitrogen and oxygen atoms in total. The first-order valence-electron chi connectivity index (χ1n) is 3.26. The molecule has 0 aliphatic rings. The molecule has 3 heteroatoms. The molecule has 1 unspecified atom stereocenters. The van der Waals surface area contributed by atoms with Gasteiger partial charge in [0.2, 0.25) is 0 Å². The number of hydrogen-bond donors (Lipinski definition) is 1. The molecule has 1 aromatic rings. The van der Waals surface area contributed by atoms with Gasteiger partial charge in [0.25, 0.3) is 0 Å². The van der Waals surface area contributed by atoms with Crippen molar-refractivity contribution in [1.82, 2.24) is 9.97 Å². The Morgan fingerprint density at radius 2 is 2.33 bits per heavy atom. The number of hydrogen-bond acceptors (Lipinski definition) is 3. The lowest BCUT2D eigenvalue weighted by Gasteiger charge is -2.00. The van der Waals surface area contributed by atoms with E-state index in [9.17, 15) is 0 Å². The highest BCUT2D eigenvalue weighted by Gasteiger charge is 1.95. The zero-order valence-corrected chi connectivity index (χ0v) is 5.20. The summed E-state index contributed by atoms with van der Waals surface area (Å²) < 4.78 is 6.84. The summed E-state index contributed by atoms with van der Waals surface area (Å²) in [5, 5.41) is 0. The van der Waals surface area contributed by atoms with Gasteiger partial charge in [-0.3, -0.25) is 0 Å². The number of nitrogens with zero attached hydrogens (tertiary/aromatic N) is 2. The van der Waals surface area contributed by atoms with Gasteiger partial charge in [-0.15, -0.1) is 0 Å². The van der Waals surface area contributed by atoms with Crippen molar-refractivity contribution in [2.45, 2.75) is 13.0 Å². The molecule has 0 fully saturated rings. The Hall–Kier alpha value is -0.960. The largest absolute Gasteiger partial charge is 0.324 e. The molecule has 2 N–H and O–H groups in total. The molecule has 0 bridgehead atoms. The van der Waals surface area contributed by atoms with Crippen molar-refractivity contribution in [3.8, 4) is 0 Å². The number of aromatic nitrogens is 2. The first kappa shape index (κ1) is 4.88. The van der Waals surface area contributed by atoms with Crippen molar-refractivity contribution >= 4 is 0 Å². The maximum atomic E-state index is 6.84. The zero-order chi connectivity index (χ0) is 7.40. The van der Waals surface area contributed by atoms with Crippen molar-refractivity contribution in [1.29, 1.82) is 0 Å². The summed E-state index contributed by atoms with van der Waals surface area (Å²) in [5.41, 5.74) is 3.28. The first-order chi connectivity index (χ1) is 4.84. The standard InChI is InChI=1S/C6H9N3/c1-5(7)6-2-8-4-9-3-6/h2-5H,7H2,1H3/i/hD. The molecule has 0 aliphatic carbocycles. The Bertz CT molecular complexity index is 189. The van der Waals surface area contributed by atoms with Crippen LogP contribution in [0.3, 0.4) is 0 Å². The average Bonchev–Trinajstić information content (AvgIpc) is 2.05. The van der Waals surface area contributed by atoms with Crippen LogP contribution in [0, 0.1) is 0 Å². The van der Waals surface area contributed by atoms with Gasteiger partial charge in [-0.2, -0.15) is 0 Å². The van der Waals surface area contributed by atoms with Gasteiger partial charge in [-0.1, -0.05) is 0 Å². The fraction of sp³-hybridized carbons (Fsp3) is 0.333. The lowest BCUT2D eigenvalue weighted by molar-refractivity contribution is 0.802. The third kappa shape index (κ3) is 1.47. The topological polar surface area (TPSA) is 51.8 Å². The summed E-state index contributed by atoms with van der Waals surface area (Å²) in [7, 11) is 0. The fourth-order valence-corrected chi connectivity index (χ4v) is 0.534. The minimum atomic E-state index is 0.00111. The van der Waals surface area contributed by atoms with E-state index in [1.165, 1.54) is 6.33 Å². The van der Waals surface area contributed by atoms with Gasteiger partial charge in [-0.05, 0) is 6.92 Å². The Balaban J connectivity index is 2.75. The second-order valence-corrected chi connectivity index (χ2v) is 1.89. The lowest BCUT2D eigenvalue weighted by Crippen LogP contribution is -2.05. The second-order valence-electron chi connectivity index (χ2n) is 1.89. The van der Waals surface area contributed by atoms with Crippen LogP contribution in [0.5, 0.6) is 0 Å². The summed E-state index contributed by atoms with van der Waals surface area (Å²) in [5.74, 6) is 0. The van der Waals surface area contributed by atoms with E-state index >= 15 is 0 Å². The van der Waals surface area contributed by atoms with Crippen molar-refractivity contribution in [3.63, 3.8) is 0 Å². The molecule has 1 heterocycles. The van der Waals surface area contributed by atoms with Gasteiger partial charge in [0.1, 0.15) is 7.74 Å². The first-order valence-corrected chi connectivity index (χ1v) is 2.76. The highest BCUT2D eigenvalue weighted by Crippen LogP contribution is 2.02. The van der Waals surface area contributed by atoms with Gasteiger partial charge in [0.05, 0.1) is 0 Å². The smallest absolute Gasteiger partial charge is 0.119 e. The number of nitrogens with two attached hydrogens (primary N) is 1. The summed E-state index contributed by atoms with van der Waals surface area (Å²) in [4.78, 5) is 7.64. The molecule has 48 valence electrons. The van der Waals surface area contributed by atoms with Gasteiger partial charge < -0.3 is 5.73 Å². The van der Waals surface area contributed by atoms with Crippen LogP contribution in [-0.2, 0) is 0 Å². The van der Waals surface area contributed by atoms with Crippen molar-refractivity contribution < 1.29 is 1.41 Å². The summed E-state index contributed by atoms with van der Waals surface area (Å²) >= 11 is 0. The Kier molecular flexibility index (Phi) is 1.38. The van der Waals surface area contributed by atoms with Gasteiger partial charge in [0, 0.05) is 24.0 Å². The second kappa shape index (κ2) is 2.55. The van der Waals surface area contributed by atoms with Crippen LogP contribution in [0.2, 0.25) is 1.41 Å². The van der Waals surface area contributed by atoms with Crippen LogP contribution in [0.4, 0.5) is 0 Å². The molecule has 1 aromatic heterocycles. The van der Waals surface area contributed by atoms with E-state index in [0.717, 1.165) is 5.56 Å². The fourth-order valence-electron chi connectivity index (χ4n) is 0.534. The van der Waals surface area contributed by atoms with Crippen LogP contribution in [-0.4, -0.2) is 9.97 Å². The lowest BCUT2D eigenvalue weighted by atomic mass is 10.2. The zero-order valence-electron chi connectivity index (χ0n) is 6.20. The molecule has 0 saturated heterocycles. The van der Waals surface area contributed by atoms with Crippen LogP contribution >= 0.6 is 0 Å². The Morgan fingerprint density at radius 3 is 2.89 bits per heavy atom. The average molecular weight is 124 g/mol. The third-order valence-corrected chi connectivity index (χ3v) is 1.08. The predicted molar refractivity (Wildman–Crippen MR) is 34.6 cm³/mol. The molecule has 1 atom stereocenters. The normalized spacial score (nSPS) is 14.6. The van der Waals surface area contributed by atoms with Crippen LogP contribution in [0.25, 0.3) is 0 Å². The maximum absolute atomic E-state index is 6.84. The van der Waals surface area contributed by atoms with E-state index < -0.39 is 0 Å². The molecule has 0 spiro atoms. The summed E-state index contributed by atoms with van der Waals surface area (Å²) in [6.45, 7) is 1.88. The minimum absolute atomic E-state index is 0.00111. The molecule has 9 heavy (non-hydrogen) atoms. The quantitative estimate of drug-likeness (QED) is 0.624. The van der Waals surface area contributed by atoms with Crippen molar-refractivity contribution in [3.05, 3.63) is 24.3 Å². The third-order valence-electron chi connectivity index (χ3n) is 1.08. The molecule has 0 aromatic carbocycles. The van der Waals surface area contributed by atoms with E-state index in [0.29, 0.717) is 0 Å². The van der Waals surface area contributed by atoms with Gasteiger partial charge in [0.15, 0.2) is 0 Å². The molecular weight excluding hydrogens is 114 g/mol. The molecule has 0 radical (unpaired) electrons. The van der Waals surface area contributed by atoms with E-state index in [1.807, 2.05) is 6.92 Å². The highest BCUT2D eigenvalue weighted by atomic mass is 14.8. The monoisotopic (exact) mass is 124 g/mol. The maximum Gasteiger partial charge on any atom is 0.119 e. The van der Waals surface area contributed by atoms with Crippen LogP contribution in [0.15, 0.2) is 18.7 Å². The van der Waals surface area contributed by atoms with Crippen molar-refractivity contribution in [2.24, 2.45) is 5.73 Å². The predicted octanol–water partition coefficient (Wildman–Crippen LogP) is 0.496. The van der Waals surface area contributed by atoms with Crippen molar-refractivity contribution in [2.75, 3.05) is 0 Å². The molecule has 0 aliphatic heterocycles. The van der Waals surface area contributed by atoms with Crippen LogP contribution < -0.4 is 5.73 Å². The summed E-state index contributed by atoms with van der Waals surface area (Å²) in [6, 6.07) is 0.00111. The Labute approximate surface area is 55.4 Å². The highest BCUT2D eigenvalue weighted by molar-refractivity contribution is 5.06. The van der Waals surface area contributed by atoms with E-state index in [-0.39, 0.29) is 6.04 Å². The molecular formula is C6H9N3. The molecule has 1 rings (SSSR count). The van der Waals surface area contributed by atoms with Crippen LogP contribution in [0.1, 0.15) is 18.5 Å². The Morgan fingerprint density at radius 1 is 1.67 bits per heavy atom. The van der Waals surface area contributed by atoms with E-state index in [1.54, 1.807) is 12.4 Å². The van der Waals surface area contributed by atoms with Gasteiger partial charge >= 0.3 is 0 Å². The van der Waals surface area contributed by atoms with E-state index in [2.05, 4.69) is 15.7 Å². The minimum Gasteiger partial charge on any atom is -0.324 e. The number of rotatable bonds is 2. The SMILES string of the molecule is [2H]NC(C)c1cncnc1. The van der Waals surface area contributed by atoms with E-state index in [4.69, 9.17) is 1.41 Å². The molecule has 0 amide bonds. The molecule has 0 saturated carbocycles. The van der Waals surface area contributed by atoms with Gasteiger partial charge in [-0.25, -0.2) is 9.97 Å². The summed E-state index contributed by atoms with van der Waals surface area (Å²) in [6.07, 6.45) is 4.86.